The van der Waals surface area contributed by atoms with Gasteiger partial charge in [0.15, 0.2) is 0 Å². The molecule has 1 nitrogen and oxygen atoms in total. The first-order valence-electron chi connectivity index (χ1n) is 3.83. The van der Waals surface area contributed by atoms with Gasteiger partial charge in [0.25, 0.3) is 0 Å². The lowest BCUT2D eigenvalue weighted by atomic mass is 10.1. The lowest BCUT2D eigenvalue weighted by Gasteiger charge is -2.21. The standard InChI is InChI=1S/C9H8ClFO/c10-8-3-4-12-9-5-6(11)1-2-7(8)9/h1-2,5,8H,3-4H2/t8-/m0/s1. The molecule has 1 aromatic rings. The molecule has 0 spiro atoms. The van der Waals surface area contributed by atoms with Crippen molar-refractivity contribution in [3.63, 3.8) is 0 Å². The molecule has 0 saturated heterocycles. The summed E-state index contributed by atoms with van der Waals surface area (Å²) >= 11 is 6.00. The Labute approximate surface area is 75.1 Å². The first kappa shape index (κ1) is 7.87. The van der Waals surface area contributed by atoms with Gasteiger partial charge in [0.2, 0.25) is 0 Å². The first-order chi connectivity index (χ1) is 5.77. The van der Waals surface area contributed by atoms with E-state index in [4.69, 9.17) is 16.3 Å². The topological polar surface area (TPSA) is 9.23 Å². The molecule has 0 N–H and O–H groups in total. The van der Waals surface area contributed by atoms with Crippen molar-refractivity contribution in [1.82, 2.24) is 0 Å². The van der Waals surface area contributed by atoms with Gasteiger partial charge in [-0.2, -0.15) is 0 Å². The molecule has 0 amide bonds. The Kier molecular flexibility index (Phi) is 1.93. The van der Waals surface area contributed by atoms with E-state index in [0.29, 0.717) is 12.4 Å². The van der Waals surface area contributed by atoms with Crippen molar-refractivity contribution in [2.75, 3.05) is 6.61 Å². The van der Waals surface area contributed by atoms with Crippen LogP contribution in [0.3, 0.4) is 0 Å². The molecule has 0 radical (unpaired) electrons. The van der Waals surface area contributed by atoms with Crippen molar-refractivity contribution in [3.8, 4) is 5.75 Å². The van der Waals surface area contributed by atoms with E-state index in [1.807, 2.05) is 0 Å². The van der Waals surface area contributed by atoms with Crippen molar-refractivity contribution < 1.29 is 9.13 Å². The SMILES string of the molecule is Fc1ccc2c(c1)OCC[C@@H]2Cl. The molecular formula is C9H8ClFO. The Bertz CT molecular complexity index is 301. The fourth-order valence-corrected chi connectivity index (χ4v) is 1.59. The Balaban J connectivity index is 2.46. The second kappa shape index (κ2) is 2.94. The average molecular weight is 187 g/mol. The molecule has 1 aromatic carbocycles. The van der Waals surface area contributed by atoms with Gasteiger partial charge < -0.3 is 4.74 Å². The van der Waals surface area contributed by atoms with E-state index in [2.05, 4.69) is 0 Å². The third-order valence-electron chi connectivity index (χ3n) is 1.94. The summed E-state index contributed by atoms with van der Waals surface area (Å²) in [6, 6.07) is 4.47. The second-order valence-corrected chi connectivity index (χ2v) is 3.31. The molecule has 2 rings (SSSR count). The van der Waals surface area contributed by atoms with Crippen LogP contribution in [0.15, 0.2) is 18.2 Å². The quantitative estimate of drug-likeness (QED) is 0.566. The van der Waals surface area contributed by atoms with E-state index >= 15 is 0 Å². The number of ether oxygens (including phenoxy) is 1. The molecule has 0 unspecified atom stereocenters. The number of rotatable bonds is 0. The number of halogens is 2. The smallest absolute Gasteiger partial charge is 0.126 e. The largest absolute Gasteiger partial charge is 0.493 e. The second-order valence-electron chi connectivity index (χ2n) is 2.79. The van der Waals surface area contributed by atoms with Gasteiger partial charge in [-0.05, 0) is 6.07 Å². The Hall–Kier alpha value is -0.760. The van der Waals surface area contributed by atoms with Crippen molar-refractivity contribution in [3.05, 3.63) is 29.6 Å². The molecule has 0 aromatic heterocycles. The van der Waals surface area contributed by atoms with E-state index in [-0.39, 0.29) is 11.2 Å². The number of alkyl halides is 1. The van der Waals surface area contributed by atoms with Gasteiger partial charge in [0, 0.05) is 18.1 Å². The molecule has 64 valence electrons. The van der Waals surface area contributed by atoms with Crippen LogP contribution in [-0.2, 0) is 0 Å². The van der Waals surface area contributed by atoms with E-state index < -0.39 is 0 Å². The van der Waals surface area contributed by atoms with E-state index in [0.717, 1.165) is 12.0 Å². The normalized spacial score (nSPS) is 21.3. The van der Waals surface area contributed by atoms with E-state index in [9.17, 15) is 4.39 Å². The maximum atomic E-state index is 12.7. The third-order valence-corrected chi connectivity index (χ3v) is 2.40. The Morgan fingerprint density at radius 2 is 2.33 bits per heavy atom. The van der Waals surface area contributed by atoms with E-state index in [1.165, 1.54) is 12.1 Å². The number of benzene rings is 1. The summed E-state index contributed by atoms with van der Waals surface area (Å²) in [6.07, 6.45) is 0.792. The molecule has 0 fully saturated rings. The molecular weight excluding hydrogens is 179 g/mol. The number of hydrogen-bond acceptors (Lipinski definition) is 1. The molecule has 12 heavy (non-hydrogen) atoms. The molecule has 1 heterocycles. The maximum absolute atomic E-state index is 12.7. The van der Waals surface area contributed by atoms with Gasteiger partial charge in [-0.25, -0.2) is 4.39 Å². The van der Waals surface area contributed by atoms with Crippen LogP contribution in [0.4, 0.5) is 4.39 Å². The summed E-state index contributed by atoms with van der Waals surface area (Å²) in [5.74, 6) is 0.306. The highest BCUT2D eigenvalue weighted by Crippen LogP contribution is 2.36. The predicted molar refractivity (Wildman–Crippen MR) is 45.1 cm³/mol. The lowest BCUT2D eigenvalue weighted by molar-refractivity contribution is 0.283. The highest BCUT2D eigenvalue weighted by molar-refractivity contribution is 6.21. The zero-order valence-corrected chi connectivity index (χ0v) is 7.14. The van der Waals surface area contributed by atoms with Gasteiger partial charge in [0.05, 0.1) is 12.0 Å². The summed E-state index contributed by atoms with van der Waals surface area (Å²) in [6.45, 7) is 0.574. The van der Waals surface area contributed by atoms with Crippen LogP contribution < -0.4 is 4.74 Å². The van der Waals surface area contributed by atoms with Gasteiger partial charge in [-0.1, -0.05) is 6.07 Å². The van der Waals surface area contributed by atoms with Crippen molar-refractivity contribution in [2.24, 2.45) is 0 Å². The van der Waals surface area contributed by atoms with E-state index in [1.54, 1.807) is 6.07 Å². The van der Waals surface area contributed by atoms with Gasteiger partial charge in [0.1, 0.15) is 11.6 Å². The fraction of sp³-hybridized carbons (Fsp3) is 0.333. The molecule has 0 bridgehead atoms. The molecule has 3 heteroatoms. The minimum Gasteiger partial charge on any atom is -0.493 e. The minimum absolute atomic E-state index is 0.0330. The maximum Gasteiger partial charge on any atom is 0.126 e. The van der Waals surface area contributed by atoms with Gasteiger partial charge >= 0.3 is 0 Å². The van der Waals surface area contributed by atoms with Gasteiger partial charge in [-0.3, -0.25) is 0 Å². The number of fused-ring (bicyclic) bond motifs is 1. The van der Waals surface area contributed by atoms with Crippen molar-refractivity contribution in [2.45, 2.75) is 11.8 Å². The van der Waals surface area contributed by atoms with Crippen LogP contribution in [0.1, 0.15) is 17.4 Å². The Morgan fingerprint density at radius 3 is 3.17 bits per heavy atom. The fourth-order valence-electron chi connectivity index (χ4n) is 1.32. The van der Waals surface area contributed by atoms with Crippen LogP contribution in [0, 0.1) is 5.82 Å². The Morgan fingerprint density at radius 1 is 1.50 bits per heavy atom. The predicted octanol–water partition coefficient (Wildman–Crippen LogP) is 2.89. The zero-order valence-electron chi connectivity index (χ0n) is 6.39. The highest BCUT2D eigenvalue weighted by Gasteiger charge is 2.19. The molecule has 1 atom stereocenters. The van der Waals surface area contributed by atoms with Crippen molar-refractivity contribution in [1.29, 1.82) is 0 Å². The van der Waals surface area contributed by atoms with Gasteiger partial charge in [-0.15, -0.1) is 11.6 Å². The molecule has 0 aliphatic carbocycles. The molecule has 1 aliphatic heterocycles. The summed E-state index contributed by atoms with van der Waals surface area (Å²) in [4.78, 5) is 0. The summed E-state index contributed by atoms with van der Waals surface area (Å²) < 4.78 is 17.9. The number of hydrogen-bond donors (Lipinski definition) is 0. The zero-order chi connectivity index (χ0) is 8.55. The first-order valence-corrected chi connectivity index (χ1v) is 4.27. The monoisotopic (exact) mass is 186 g/mol. The average Bonchev–Trinajstić information content (AvgIpc) is 2.04. The molecule has 0 saturated carbocycles. The lowest BCUT2D eigenvalue weighted by Crippen LogP contribution is -2.10. The van der Waals surface area contributed by atoms with Crippen LogP contribution in [0.25, 0.3) is 0 Å². The minimum atomic E-state index is -0.278. The third kappa shape index (κ3) is 1.27. The highest BCUT2D eigenvalue weighted by atomic mass is 35.5. The van der Waals surface area contributed by atoms with Crippen LogP contribution in [0.5, 0.6) is 5.75 Å². The molecule has 1 aliphatic rings. The van der Waals surface area contributed by atoms with Crippen molar-refractivity contribution >= 4 is 11.6 Å². The van der Waals surface area contributed by atoms with Crippen LogP contribution >= 0.6 is 11.6 Å². The summed E-state index contributed by atoms with van der Waals surface area (Å²) in [7, 11) is 0. The van der Waals surface area contributed by atoms with Crippen LogP contribution in [-0.4, -0.2) is 6.61 Å². The summed E-state index contributed by atoms with van der Waals surface area (Å²) in [5, 5.41) is -0.0330. The van der Waals surface area contributed by atoms with Crippen LogP contribution in [0.2, 0.25) is 0 Å². The summed E-state index contributed by atoms with van der Waals surface area (Å²) in [5.41, 5.74) is 0.893.